The predicted octanol–water partition coefficient (Wildman–Crippen LogP) is 4.85. The number of benzene rings is 1. The van der Waals surface area contributed by atoms with Gasteiger partial charge < -0.3 is 14.2 Å². The highest BCUT2D eigenvalue weighted by Gasteiger charge is 2.22. The maximum Gasteiger partial charge on any atom is 0.277 e. The summed E-state index contributed by atoms with van der Waals surface area (Å²) in [6.45, 7) is 8.07. The number of anilines is 1. The van der Waals surface area contributed by atoms with Gasteiger partial charge in [-0.25, -0.2) is 4.68 Å². The summed E-state index contributed by atoms with van der Waals surface area (Å²) < 4.78 is 12.6. The van der Waals surface area contributed by atoms with E-state index in [9.17, 15) is 4.79 Å². The largest absolute Gasteiger partial charge is 0.469 e. The number of aromatic nitrogens is 4. The zero-order valence-electron chi connectivity index (χ0n) is 17.7. The first kappa shape index (κ1) is 20.9. The Morgan fingerprint density at radius 3 is 2.61 bits per heavy atom. The topological polar surface area (TPSA) is 99.0 Å². The van der Waals surface area contributed by atoms with Gasteiger partial charge in [0.05, 0.1) is 29.0 Å². The van der Waals surface area contributed by atoms with Gasteiger partial charge in [0.25, 0.3) is 11.1 Å². The van der Waals surface area contributed by atoms with E-state index in [-0.39, 0.29) is 17.1 Å². The number of nitrogens with zero attached hydrogens (tertiary/aromatic N) is 4. The zero-order chi connectivity index (χ0) is 22.0. The average molecular weight is 438 g/mol. The minimum atomic E-state index is -0.193. The molecular formula is C22H23N5O3S. The Morgan fingerprint density at radius 2 is 1.94 bits per heavy atom. The molecule has 1 amide bonds. The molecule has 0 saturated heterocycles. The van der Waals surface area contributed by atoms with Gasteiger partial charge in [0, 0.05) is 11.5 Å². The highest BCUT2D eigenvalue weighted by molar-refractivity contribution is 7.99. The fourth-order valence-corrected chi connectivity index (χ4v) is 3.46. The molecule has 1 aromatic carbocycles. The summed E-state index contributed by atoms with van der Waals surface area (Å²) >= 11 is 1.17. The van der Waals surface area contributed by atoms with Crippen molar-refractivity contribution in [2.24, 2.45) is 0 Å². The van der Waals surface area contributed by atoms with Crippen LogP contribution >= 0.6 is 11.8 Å². The molecule has 9 heteroatoms. The molecule has 8 nitrogen and oxygen atoms in total. The van der Waals surface area contributed by atoms with Crippen LogP contribution in [-0.4, -0.2) is 31.6 Å². The molecule has 160 valence electrons. The Morgan fingerprint density at radius 1 is 1.16 bits per heavy atom. The van der Waals surface area contributed by atoms with Crippen LogP contribution in [0.1, 0.15) is 32.2 Å². The molecule has 0 aliphatic carbocycles. The monoisotopic (exact) mass is 437 g/mol. The normalized spacial score (nSPS) is 11.6. The molecule has 0 atom stereocenters. The van der Waals surface area contributed by atoms with E-state index in [4.69, 9.17) is 13.9 Å². The first-order chi connectivity index (χ1) is 14.8. The smallest absolute Gasteiger partial charge is 0.277 e. The Hall–Kier alpha value is -3.33. The van der Waals surface area contributed by atoms with Crippen molar-refractivity contribution in [2.75, 3.05) is 11.1 Å². The summed E-state index contributed by atoms with van der Waals surface area (Å²) in [4.78, 5) is 12.6. The molecule has 0 radical (unpaired) electrons. The Kier molecular flexibility index (Phi) is 5.69. The quantitative estimate of drug-likeness (QED) is 0.430. The van der Waals surface area contributed by atoms with Crippen LogP contribution in [0.3, 0.4) is 0 Å². The number of amides is 1. The fourth-order valence-electron chi connectivity index (χ4n) is 2.89. The van der Waals surface area contributed by atoms with Crippen LogP contribution < -0.4 is 5.32 Å². The lowest BCUT2D eigenvalue weighted by Crippen LogP contribution is -2.17. The molecule has 0 saturated carbocycles. The molecule has 31 heavy (non-hydrogen) atoms. The van der Waals surface area contributed by atoms with E-state index >= 15 is 0 Å². The van der Waals surface area contributed by atoms with E-state index in [0.29, 0.717) is 22.7 Å². The number of thioether (sulfide) groups is 1. The summed E-state index contributed by atoms with van der Waals surface area (Å²) in [5.74, 6) is 1.60. The van der Waals surface area contributed by atoms with E-state index in [0.717, 1.165) is 16.9 Å². The minimum Gasteiger partial charge on any atom is -0.469 e. The predicted molar refractivity (Wildman–Crippen MR) is 118 cm³/mol. The van der Waals surface area contributed by atoms with E-state index < -0.39 is 0 Å². The lowest BCUT2D eigenvalue weighted by atomic mass is 9.92. The van der Waals surface area contributed by atoms with Crippen molar-refractivity contribution in [1.29, 1.82) is 0 Å². The van der Waals surface area contributed by atoms with Gasteiger partial charge in [0.2, 0.25) is 5.91 Å². The van der Waals surface area contributed by atoms with Crippen LogP contribution in [0, 0.1) is 6.92 Å². The van der Waals surface area contributed by atoms with Crippen molar-refractivity contribution in [3.05, 3.63) is 60.2 Å². The van der Waals surface area contributed by atoms with Crippen molar-refractivity contribution in [1.82, 2.24) is 20.0 Å². The van der Waals surface area contributed by atoms with E-state index in [1.165, 1.54) is 11.8 Å². The van der Waals surface area contributed by atoms with Gasteiger partial charge in [-0.3, -0.25) is 4.79 Å². The number of aryl methyl sites for hydroxylation is 1. The molecule has 4 aromatic rings. The first-order valence-electron chi connectivity index (χ1n) is 9.78. The first-order valence-corrected chi connectivity index (χ1v) is 10.8. The fraction of sp³-hybridized carbons (Fsp3) is 0.273. The molecule has 0 aliphatic rings. The lowest BCUT2D eigenvalue weighted by Gasteiger charge is -2.14. The Bertz CT molecular complexity index is 1190. The summed E-state index contributed by atoms with van der Waals surface area (Å²) in [7, 11) is 0. The van der Waals surface area contributed by atoms with Crippen LogP contribution in [0.5, 0.6) is 0 Å². The Balaban J connectivity index is 1.47. The number of rotatable bonds is 6. The van der Waals surface area contributed by atoms with Crippen molar-refractivity contribution in [2.45, 2.75) is 38.3 Å². The summed E-state index contributed by atoms with van der Waals surface area (Å²) in [5.41, 5.74) is 2.35. The van der Waals surface area contributed by atoms with Gasteiger partial charge in [-0.15, -0.1) is 10.2 Å². The molecule has 3 aromatic heterocycles. The van der Waals surface area contributed by atoms with E-state index in [1.54, 1.807) is 17.0 Å². The number of carbonyl (C=O) groups excluding carboxylic acids is 1. The molecule has 4 rings (SSSR count). The van der Waals surface area contributed by atoms with Crippen molar-refractivity contribution < 1.29 is 13.6 Å². The number of carbonyl (C=O) groups is 1. The van der Waals surface area contributed by atoms with Gasteiger partial charge in [-0.2, -0.15) is 5.10 Å². The molecule has 3 heterocycles. The second-order valence-corrected chi connectivity index (χ2v) is 8.94. The highest BCUT2D eigenvalue weighted by Crippen LogP contribution is 2.28. The number of para-hydroxylation sites is 1. The van der Waals surface area contributed by atoms with Gasteiger partial charge in [-0.1, -0.05) is 50.7 Å². The van der Waals surface area contributed by atoms with Gasteiger partial charge in [0.15, 0.2) is 0 Å². The Labute approximate surface area is 184 Å². The number of nitrogens with one attached hydrogen (secondary N) is 1. The van der Waals surface area contributed by atoms with Crippen LogP contribution in [0.25, 0.3) is 17.1 Å². The van der Waals surface area contributed by atoms with Gasteiger partial charge in [-0.05, 0) is 25.1 Å². The molecule has 1 N–H and O–H groups in total. The molecule has 0 bridgehead atoms. The zero-order valence-corrected chi connectivity index (χ0v) is 18.6. The van der Waals surface area contributed by atoms with Gasteiger partial charge >= 0.3 is 0 Å². The summed E-state index contributed by atoms with van der Waals surface area (Å²) in [6.07, 6.45) is 1.57. The summed E-state index contributed by atoms with van der Waals surface area (Å²) in [6, 6.07) is 13.4. The second kappa shape index (κ2) is 8.43. The van der Waals surface area contributed by atoms with Crippen LogP contribution in [-0.2, 0) is 10.2 Å². The standard InChI is InChI=1S/C22H23N5O3S/c1-14-16(10-11-29-14)20-24-25-21(30-20)31-13-19(28)23-18-12-17(22(2,3)4)26-27(18)15-8-6-5-7-9-15/h5-12H,13H2,1-4H3,(H,23,28). The SMILES string of the molecule is Cc1occc1-c1nnc(SCC(=O)Nc2cc(C(C)(C)C)nn2-c2ccccc2)o1. The lowest BCUT2D eigenvalue weighted by molar-refractivity contribution is -0.113. The molecule has 0 fully saturated rings. The minimum absolute atomic E-state index is 0.122. The van der Waals surface area contributed by atoms with Crippen LogP contribution in [0.4, 0.5) is 5.82 Å². The maximum absolute atomic E-state index is 12.6. The highest BCUT2D eigenvalue weighted by atomic mass is 32.2. The van der Waals surface area contributed by atoms with Crippen molar-refractivity contribution in [3.8, 4) is 17.1 Å². The molecule has 0 unspecified atom stereocenters. The number of hydrogen-bond donors (Lipinski definition) is 1. The third-order valence-corrected chi connectivity index (χ3v) is 5.39. The molecule has 0 spiro atoms. The van der Waals surface area contributed by atoms with E-state index in [2.05, 4.69) is 36.3 Å². The van der Waals surface area contributed by atoms with E-state index in [1.807, 2.05) is 43.3 Å². The van der Waals surface area contributed by atoms with Crippen LogP contribution in [0.15, 0.2) is 62.8 Å². The third-order valence-electron chi connectivity index (χ3n) is 4.57. The summed E-state index contributed by atoms with van der Waals surface area (Å²) in [5, 5.41) is 16.0. The third kappa shape index (κ3) is 4.72. The molecular weight excluding hydrogens is 414 g/mol. The maximum atomic E-state index is 12.6. The van der Waals surface area contributed by atoms with Gasteiger partial charge in [0.1, 0.15) is 11.6 Å². The number of furan rings is 1. The van der Waals surface area contributed by atoms with Crippen molar-refractivity contribution >= 4 is 23.5 Å². The second-order valence-electron chi connectivity index (χ2n) is 8.01. The number of hydrogen-bond acceptors (Lipinski definition) is 7. The van der Waals surface area contributed by atoms with Crippen molar-refractivity contribution in [3.63, 3.8) is 0 Å². The average Bonchev–Trinajstić information content (AvgIpc) is 3.46. The molecule has 0 aliphatic heterocycles. The van der Waals surface area contributed by atoms with Crippen LogP contribution in [0.2, 0.25) is 0 Å².